The first-order valence-corrected chi connectivity index (χ1v) is 9.19. The number of carbonyl (C=O) groups excluding carboxylic acids is 4. The van der Waals surface area contributed by atoms with E-state index in [9.17, 15) is 29.1 Å². The first kappa shape index (κ1) is 22.2. The third-order valence-corrected chi connectivity index (χ3v) is 5.31. The van der Waals surface area contributed by atoms with Crippen LogP contribution in [0.5, 0.6) is 0 Å². The van der Waals surface area contributed by atoms with E-state index in [-0.39, 0.29) is 23.5 Å². The molecule has 0 amide bonds. The number of aliphatic hydroxyl groups excluding tert-OH is 1. The number of ketones is 3. The van der Waals surface area contributed by atoms with Crippen LogP contribution < -0.4 is 11.3 Å². The summed E-state index contributed by atoms with van der Waals surface area (Å²) in [6, 6.07) is 0. The minimum absolute atomic E-state index is 0.0125. The average Bonchev–Trinajstić information content (AvgIpc) is 3.20. The second kappa shape index (κ2) is 7.35. The summed E-state index contributed by atoms with van der Waals surface area (Å²) in [6.45, 7) is 3.86. The number of aromatic nitrogens is 4. The number of esters is 1. The number of Topliss-reactive ketones (excluding diaryl/α,β-unsaturated/α-hetero) is 3. The Kier molecular flexibility index (Phi) is 5.28. The van der Waals surface area contributed by atoms with Crippen LogP contribution in [0, 0.1) is 0 Å². The summed E-state index contributed by atoms with van der Waals surface area (Å²) in [6.07, 6.45) is -2.08. The molecule has 13 nitrogen and oxygen atoms in total. The third kappa shape index (κ3) is 3.04. The SMILES string of the molecule is CC(=O)OC(C(C)=O)(C(C)=O)[C@@]1(C(C)=O)O[C@@H](n2cnc3c(=O)[nH]c(N)nc32)C[C@@H]1O. The number of fused-ring (bicyclic) bond motifs is 1. The van der Waals surface area contributed by atoms with Crippen LogP contribution in [0.2, 0.25) is 0 Å². The number of hydrogen-bond acceptors (Lipinski definition) is 11. The first-order valence-electron chi connectivity index (χ1n) is 9.19. The lowest BCUT2D eigenvalue weighted by molar-refractivity contribution is -0.220. The van der Waals surface area contributed by atoms with Gasteiger partial charge in [0.15, 0.2) is 28.5 Å². The Balaban J connectivity index is 2.23. The number of nitrogens with zero attached hydrogens (tertiary/aromatic N) is 3. The molecule has 31 heavy (non-hydrogen) atoms. The van der Waals surface area contributed by atoms with Crippen molar-refractivity contribution in [3.63, 3.8) is 0 Å². The smallest absolute Gasteiger partial charge is 0.304 e. The Morgan fingerprint density at radius 1 is 1.29 bits per heavy atom. The largest absolute Gasteiger partial charge is 0.439 e. The van der Waals surface area contributed by atoms with Gasteiger partial charge in [0.05, 0.1) is 12.4 Å². The summed E-state index contributed by atoms with van der Waals surface area (Å²) >= 11 is 0. The number of ether oxygens (including phenoxy) is 2. The second-order valence-electron chi connectivity index (χ2n) is 7.28. The number of aromatic amines is 1. The Hall–Kier alpha value is -3.45. The summed E-state index contributed by atoms with van der Waals surface area (Å²) in [7, 11) is 0. The van der Waals surface area contributed by atoms with Gasteiger partial charge in [-0.2, -0.15) is 4.98 Å². The predicted octanol–water partition coefficient (Wildman–Crippen LogP) is -1.21. The minimum Gasteiger partial charge on any atom is -0.439 e. The third-order valence-electron chi connectivity index (χ3n) is 5.31. The van der Waals surface area contributed by atoms with Gasteiger partial charge >= 0.3 is 5.97 Å². The maximum atomic E-state index is 12.8. The number of rotatable bonds is 6. The van der Waals surface area contributed by atoms with Crippen molar-refractivity contribution in [1.29, 1.82) is 0 Å². The monoisotopic (exact) mass is 435 g/mol. The van der Waals surface area contributed by atoms with E-state index >= 15 is 0 Å². The topological polar surface area (TPSA) is 197 Å². The van der Waals surface area contributed by atoms with Crippen molar-refractivity contribution < 1.29 is 33.8 Å². The number of nitrogens with one attached hydrogen (secondary N) is 1. The van der Waals surface area contributed by atoms with Gasteiger partial charge in [-0.25, -0.2) is 4.98 Å². The zero-order chi connectivity index (χ0) is 23.3. The van der Waals surface area contributed by atoms with Gasteiger partial charge in [-0.05, 0) is 20.8 Å². The van der Waals surface area contributed by atoms with E-state index in [1.807, 2.05) is 0 Å². The van der Waals surface area contributed by atoms with Crippen LogP contribution in [0.4, 0.5) is 5.95 Å². The molecule has 0 unspecified atom stereocenters. The molecule has 0 aromatic carbocycles. The lowest BCUT2D eigenvalue weighted by atomic mass is 9.71. The molecule has 13 heteroatoms. The molecule has 1 aliphatic heterocycles. The van der Waals surface area contributed by atoms with Crippen LogP contribution in [-0.2, 0) is 28.7 Å². The molecule has 166 valence electrons. The average molecular weight is 435 g/mol. The number of hydrogen-bond donors (Lipinski definition) is 3. The van der Waals surface area contributed by atoms with Gasteiger partial charge in [-0.3, -0.25) is 33.5 Å². The molecular formula is C18H21N5O8. The number of anilines is 1. The molecule has 1 aliphatic rings. The van der Waals surface area contributed by atoms with Crippen LogP contribution in [0.3, 0.4) is 0 Å². The molecule has 2 aromatic heterocycles. The van der Waals surface area contributed by atoms with E-state index in [1.54, 1.807) is 0 Å². The normalized spacial score (nSPS) is 23.6. The fourth-order valence-electron chi connectivity index (χ4n) is 4.11. The molecule has 0 spiro atoms. The van der Waals surface area contributed by atoms with Crippen LogP contribution in [0.25, 0.3) is 11.2 Å². The molecule has 1 saturated heterocycles. The number of nitrogens with two attached hydrogens (primary N) is 1. The first-order chi connectivity index (χ1) is 14.4. The van der Waals surface area contributed by atoms with Crippen LogP contribution in [0.15, 0.2) is 11.1 Å². The standard InChI is InChI=1S/C18H21N5O8/c1-7(24)17(8(2)25,30-10(4)27)18(9(3)26)11(28)5-12(31-18)23-6-20-13-14(23)21-16(19)22-15(13)29/h6,11-12,28H,5H2,1-4H3,(H3,19,21,22,29)/t11-,12+,18-/m0/s1. The fourth-order valence-corrected chi connectivity index (χ4v) is 4.11. The van der Waals surface area contributed by atoms with Gasteiger partial charge in [0.2, 0.25) is 11.5 Å². The van der Waals surface area contributed by atoms with Crippen molar-refractivity contribution in [3.05, 3.63) is 16.7 Å². The van der Waals surface area contributed by atoms with Crippen LogP contribution in [-0.4, -0.2) is 65.3 Å². The number of imidazole rings is 1. The van der Waals surface area contributed by atoms with Crippen molar-refractivity contribution in [3.8, 4) is 0 Å². The van der Waals surface area contributed by atoms with E-state index in [4.69, 9.17) is 15.2 Å². The van der Waals surface area contributed by atoms with Gasteiger partial charge < -0.3 is 20.3 Å². The van der Waals surface area contributed by atoms with Gasteiger partial charge in [0.1, 0.15) is 6.23 Å². The van der Waals surface area contributed by atoms with E-state index < -0.39 is 52.4 Å². The fraction of sp³-hybridized carbons (Fsp3) is 0.500. The van der Waals surface area contributed by atoms with Crippen LogP contribution >= 0.6 is 0 Å². The van der Waals surface area contributed by atoms with Gasteiger partial charge in [0.25, 0.3) is 11.2 Å². The van der Waals surface area contributed by atoms with Gasteiger partial charge in [0, 0.05) is 13.3 Å². The predicted molar refractivity (Wildman–Crippen MR) is 103 cm³/mol. The maximum absolute atomic E-state index is 12.8. The highest BCUT2D eigenvalue weighted by Gasteiger charge is 2.72. The highest BCUT2D eigenvalue weighted by atomic mass is 16.6. The summed E-state index contributed by atoms with van der Waals surface area (Å²) < 4.78 is 12.2. The molecule has 0 saturated carbocycles. The molecule has 3 atom stereocenters. The summed E-state index contributed by atoms with van der Waals surface area (Å²) in [4.78, 5) is 72.2. The number of nitrogen functional groups attached to an aromatic ring is 1. The van der Waals surface area contributed by atoms with E-state index in [1.165, 1.54) is 10.9 Å². The van der Waals surface area contributed by atoms with E-state index in [0.29, 0.717) is 0 Å². The highest BCUT2D eigenvalue weighted by molar-refractivity contribution is 6.16. The van der Waals surface area contributed by atoms with Crippen molar-refractivity contribution >= 4 is 40.4 Å². The molecule has 0 radical (unpaired) electrons. The van der Waals surface area contributed by atoms with Gasteiger partial charge in [-0.15, -0.1) is 0 Å². The second-order valence-corrected chi connectivity index (χ2v) is 7.28. The van der Waals surface area contributed by atoms with Crippen molar-refractivity contribution in [2.24, 2.45) is 0 Å². The molecule has 4 N–H and O–H groups in total. The van der Waals surface area contributed by atoms with Crippen molar-refractivity contribution in [2.45, 2.75) is 57.6 Å². The molecule has 3 heterocycles. The van der Waals surface area contributed by atoms with Crippen molar-refractivity contribution in [1.82, 2.24) is 19.5 Å². The summed E-state index contributed by atoms with van der Waals surface area (Å²) in [5.74, 6) is -4.15. The Labute approximate surface area is 174 Å². The molecule has 0 bridgehead atoms. The van der Waals surface area contributed by atoms with E-state index in [0.717, 1.165) is 27.7 Å². The molecule has 0 aliphatic carbocycles. The minimum atomic E-state index is -2.72. The lowest BCUT2D eigenvalue weighted by Gasteiger charge is -2.43. The highest BCUT2D eigenvalue weighted by Crippen LogP contribution is 2.47. The Morgan fingerprint density at radius 3 is 2.42 bits per heavy atom. The quantitative estimate of drug-likeness (QED) is 0.363. The number of H-pyrrole nitrogens is 1. The maximum Gasteiger partial charge on any atom is 0.304 e. The molecule has 1 fully saturated rings. The zero-order valence-corrected chi connectivity index (χ0v) is 17.2. The lowest BCUT2D eigenvalue weighted by Crippen LogP contribution is -2.72. The molecule has 3 rings (SSSR count). The number of aliphatic hydroxyl groups is 1. The van der Waals surface area contributed by atoms with Gasteiger partial charge in [-0.1, -0.05) is 0 Å². The zero-order valence-electron chi connectivity index (χ0n) is 17.2. The van der Waals surface area contributed by atoms with Crippen LogP contribution in [0.1, 0.15) is 40.3 Å². The number of carbonyl (C=O) groups is 4. The summed E-state index contributed by atoms with van der Waals surface area (Å²) in [5, 5.41) is 10.9. The molecular weight excluding hydrogens is 414 g/mol. The molecule has 2 aromatic rings. The Morgan fingerprint density at radius 2 is 1.90 bits per heavy atom. The van der Waals surface area contributed by atoms with E-state index in [2.05, 4.69) is 15.0 Å². The van der Waals surface area contributed by atoms with Crippen molar-refractivity contribution in [2.75, 3.05) is 5.73 Å². The summed E-state index contributed by atoms with van der Waals surface area (Å²) in [5.41, 5.74) is -0.400. The Bertz CT molecular complexity index is 1150.